The summed E-state index contributed by atoms with van der Waals surface area (Å²) in [5, 5.41) is 32.6. The minimum absolute atomic E-state index is 0.161. The Balaban J connectivity index is 1.62. The second-order valence-electron chi connectivity index (χ2n) is 6.60. The van der Waals surface area contributed by atoms with Crippen LogP contribution in [-0.4, -0.2) is 73.4 Å². The lowest BCUT2D eigenvalue weighted by Crippen LogP contribution is -2.33. The molecule has 3 aromatic rings. The van der Waals surface area contributed by atoms with E-state index in [1.165, 1.54) is 10.9 Å². The first-order valence-electron chi connectivity index (χ1n) is 9.34. The number of benzene rings is 1. The van der Waals surface area contributed by atoms with Gasteiger partial charge in [-0.05, 0) is 18.1 Å². The summed E-state index contributed by atoms with van der Waals surface area (Å²) in [5.74, 6) is 7.13. The van der Waals surface area contributed by atoms with E-state index in [4.69, 9.17) is 9.47 Å². The van der Waals surface area contributed by atoms with Crippen molar-refractivity contribution in [3.63, 3.8) is 0 Å². The van der Waals surface area contributed by atoms with E-state index in [9.17, 15) is 15.3 Å². The van der Waals surface area contributed by atoms with Crippen molar-refractivity contribution in [2.24, 2.45) is 0 Å². The molecule has 4 atom stereocenters. The van der Waals surface area contributed by atoms with E-state index < -0.39 is 31.1 Å². The Labute approximate surface area is 172 Å². The predicted molar refractivity (Wildman–Crippen MR) is 107 cm³/mol. The molecule has 0 radical (unpaired) electrons. The predicted octanol–water partition coefficient (Wildman–Crippen LogP) is -0.0900. The van der Waals surface area contributed by atoms with E-state index in [0.717, 1.165) is 0 Å². The molecule has 1 aliphatic heterocycles. The van der Waals surface area contributed by atoms with Crippen LogP contribution in [0.4, 0.5) is 5.82 Å². The minimum atomic E-state index is -1.25. The zero-order valence-electron chi connectivity index (χ0n) is 16.1. The Morgan fingerprint density at radius 1 is 1.20 bits per heavy atom. The standard InChI is InChI=1S/C20H21N5O5/c1-21-18-15-19(25(11-22-15)20-17(28)16(27)13(10-26)30-20)24-14(23-18)8-5-9-29-12-6-3-2-4-7-12/h2-4,6-7,11,13,16-17,20,26-28H,9-10H2,1H3,(H,21,23,24)/t13?,16-,17-,20-/m1/s1. The molecular weight excluding hydrogens is 390 g/mol. The number of nitrogens with one attached hydrogen (secondary N) is 1. The molecule has 0 bridgehead atoms. The Bertz CT molecular complexity index is 1080. The third kappa shape index (κ3) is 3.79. The fourth-order valence-corrected chi connectivity index (χ4v) is 3.19. The maximum atomic E-state index is 10.3. The zero-order chi connectivity index (χ0) is 21.1. The van der Waals surface area contributed by atoms with Crippen LogP contribution in [0.25, 0.3) is 11.2 Å². The summed E-state index contributed by atoms with van der Waals surface area (Å²) < 4.78 is 12.6. The van der Waals surface area contributed by atoms with Gasteiger partial charge in [0.2, 0.25) is 5.82 Å². The average molecular weight is 411 g/mol. The van der Waals surface area contributed by atoms with Gasteiger partial charge in [-0.15, -0.1) is 0 Å². The van der Waals surface area contributed by atoms with Gasteiger partial charge in [-0.2, -0.15) is 0 Å². The first-order chi connectivity index (χ1) is 14.6. The lowest BCUT2D eigenvalue weighted by Gasteiger charge is -2.16. The molecular formula is C20H21N5O5. The third-order valence-electron chi connectivity index (χ3n) is 4.70. The Kier molecular flexibility index (Phi) is 5.78. The number of nitrogens with zero attached hydrogens (tertiary/aromatic N) is 4. The molecule has 2 aromatic heterocycles. The molecule has 4 rings (SSSR count). The summed E-state index contributed by atoms with van der Waals surface area (Å²) >= 11 is 0. The second kappa shape index (κ2) is 8.64. The summed E-state index contributed by atoms with van der Waals surface area (Å²) in [6.07, 6.45) is -2.89. The van der Waals surface area contributed by atoms with E-state index in [-0.39, 0.29) is 12.4 Å². The molecule has 4 N–H and O–H groups in total. The number of aliphatic hydroxyl groups is 3. The van der Waals surface area contributed by atoms with Gasteiger partial charge < -0.3 is 30.1 Å². The number of fused-ring (bicyclic) bond motifs is 1. The van der Waals surface area contributed by atoms with E-state index in [1.807, 2.05) is 30.3 Å². The molecule has 3 heterocycles. The summed E-state index contributed by atoms with van der Waals surface area (Å²) in [4.78, 5) is 13.1. The fraction of sp³-hybridized carbons (Fsp3) is 0.350. The first kappa shape index (κ1) is 20.1. The van der Waals surface area contributed by atoms with Crippen molar-refractivity contribution in [3.8, 4) is 17.6 Å². The SMILES string of the molecule is CNc1nc(C#CCOc2ccccc2)nc2c1ncn2[C@@H]1OC(CO)[C@@H](O)[C@H]1O. The van der Waals surface area contributed by atoms with Crippen LogP contribution in [0.15, 0.2) is 36.7 Å². The molecule has 1 aliphatic rings. The van der Waals surface area contributed by atoms with E-state index in [2.05, 4.69) is 32.1 Å². The monoisotopic (exact) mass is 411 g/mol. The Morgan fingerprint density at radius 3 is 2.70 bits per heavy atom. The Morgan fingerprint density at radius 2 is 2.00 bits per heavy atom. The van der Waals surface area contributed by atoms with E-state index in [1.54, 1.807) is 7.05 Å². The molecule has 0 saturated carbocycles. The number of ether oxygens (including phenoxy) is 2. The number of aliphatic hydroxyl groups excluding tert-OH is 3. The molecule has 0 aliphatic carbocycles. The van der Waals surface area contributed by atoms with Crippen LogP contribution >= 0.6 is 0 Å². The van der Waals surface area contributed by atoms with E-state index >= 15 is 0 Å². The van der Waals surface area contributed by atoms with Gasteiger partial charge in [0.25, 0.3) is 0 Å². The lowest BCUT2D eigenvalue weighted by atomic mass is 10.1. The van der Waals surface area contributed by atoms with Crippen LogP contribution in [0.5, 0.6) is 5.75 Å². The van der Waals surface area contributed by atoms with Crippen molar-refractivity contribution in [1.82, 2.24) is 19.5 Å². The normalized spacial score (nSPS) is 23.2. The van der Waals surface area contributed by atoms with Crippen LogP contribution in [0.1, 0.15) is 12.1 Å². The highest BCUT2D eigenvalue weighted by Gasteiger charge is 2.44. The van der Waals surface area contributed by atoms with E-state index in [0.29, 0.717) is 22.7 Å². The summed E-state index contributed by atoms with van der Waals surface area (Å²) in [6, 6.07) is 9.32. The van der Waals surface area contributed by atoms with Gasteiger partial charge >= 0.3 is 0 Å². The molecule has 10 heteroatoms. The molecule has 10 nitrogen and oxygen atoms in total. The average Bonchev–Trinajstić information content (AvgIpc) is 3.32. The highest BCUT2D eigenvalue weighted by atomic mass is 16.6. The van der Waals surface area contributed by atoms with Gasteiger partial charge in [-0.25, -0.2) is 15.0 Å². The van der Waals surface area contributed by atoms with Crippen molar-refractivity contribution in [2.45, 2.75) is 24.5 Å². The molecule has 1 unspecified atom stereocenters. The molecule has 1 saturated heterocycles. The summed E-state index contributed by atoms with van der Waals surface area (Å²) in [6.45, 7) is -0.259. The van der Waals surface area contributed by atoms with Gasteiger partial charge in [0.15, 0.2) is 23.2 Å². The van der Waals surface area contributed by atoms with Gasteiger partial charge in [0.1, 0.15) is 30.7 Å². The topological polar surface area (TPSA) is 135 Å². The Hall–Kier alpha value is -3.23. The molecule has 1 fully saturated rings. The quantitative estimate of drug-likeness (QED) is 0.425. The smallest absolute Gasteiger partial charge is 0.209 e. The zero-order valence-corrected chi connectivity index (χ0v) is 16.1. The maximum Gasteiger partial charge on any atom is 0.209 e. The van der Waals surface area contributed by atoms with Crippen LogP contribution in [0.3, 0.4) is 0 Å². The molecule has 0 amide bonds. The number of para-hydroxylation sites is 1. The number of imidazole rings is 1. The number of aromatic nitrogens is 4. The molecule has 0 spiro atoms. The lowest BCUT2D eigenvalue weighted by molar-refractivity contribution is -0.0511. The number of rotatable bonds is 5. The highest BCUT2D eigenvalue weighted by molar-refractivity contribution is 5.83. The highest BCUT2D eigenvalue weighted by Crippen LogP contribution is 2.32. The van der Waals surface area contributed by atoms with Gasteiger partial charge in [0, 0.05) is 7.05 Å². The van der Waals surface area contributed by atoms with Crippen molar-refractivity contribution < 1.29 is 24.8 Å². The minimum Gasteiger partial charge on any atom is -0.481 e. The van der Waals surface area contributed by atoms with Crippen molar-refractivity contribution >= 4 is 17.0 Å². The first-order valence-corrected chi connectivity index (χ1v) is 9.34. The summed E-state index contributed by atoms with van der Waals surface area (Å²) in [7, 11) is 1.70. The van der Waals surface area contributed by atoms with Crippen LogP contribution < -0.4 is 10.1 Å². The number of anilines is 1. The third-order valence-corrected chi connectivity index (χ3v) is 4.70. The fourth-order valence-electron chi connectivity index (χ4n) is 3.19. The van der Waals surface area contributed by atoms with Crippen LogP contribution in [-0.2, 0) is 4.74 Å². The second-order valence-corrected chi connectivity index (χ2v) is 6.60. The molecule has 1 aromatic carbocycles. The van der Waals surface area contributed by atoms with Crippen LogP contribution in [0.2, 0.25) is 0 Å². The van der Waals surface area contributed by atoms with Crippen molar-refractivity contribution in [3.05, 3.63) is 42.5 Å². The van der Waals surface area contributed by atoms with Gasteiger partial charge in [-0.3, -0.25) is 4.57 Å². The molecule has 156 valence electrons. The van der Waals surface area contributed by atoms with Gasteiger partial charge in [-0.1, -0.05) is 24.1 Å². The summed E-state index contributed by atoms with van der Waals surface area (Å²) in [5.41, 5.74) is 0.832. The van der Waals surface area contributed by atoms with Crippen LogP contribution in [0, 0.1) is 11.8 Å². The number of hydrogen-bond donors (Lipinski definition) is 4. The molecule has 30 heavy (non-hydrogen) atoms. The maximum absolute atomic E-state index is 10.3. The van der Waals surface area contributed by atoms with Gasteiger partial charge in [0.05, 0.1) is 12.9 Å². The van der Waals surface area contributed by atoms with Crippen molar-refractivity contribution in [1.29, 1.82) is 0 Å². The largest absolute Gasteiger partial charge is 0.481 e. The van der Waals surface area contributed by atoms with Crippen molar-refractivity contribution in [2.75, 3.05) is 25.6 Å². The number of hydrogen-bond acceptors (Lipinski definition) is 9.